The average Bonchev–Trinajstić information content (AvgIpc) is 2.69. The van der Waals surface area contributed by atoms with Gasteiger partial charge in [0.15, 0.2) is 6.29 Å². The van der Waals surface area contributed by atoms with Gasteiger partial charge >= 0.3 is 0 Å². The first-order chi connectivity index (χ1) is 12.3. The molecule has 0 bridgehead atoms. The van der Waals surface area contributed by atoms with Crippen molar-refractivity contribution in [2.75, 3.05) is 26.9 Å². The van der Waals surface area contributed by atoms with Crippen LogP contribution in [0, 0.1) is 11.8 Å². The van der Waals surface area contributed by atoms with Gasteiger partial charge in [0.2, 0.25) is 0 Å². The van der Waals surface area contributed by atoms with Gasteiger partial charge in [-0.1, -0.05) is 38.3 Å². The normalized spacial score (nSPS) is 30.2. The van der Waals surface area contributed by atoms with Gasteiger partial charge in [-0.3, -0.25) is 0 Å². The van der Waals surface area contributed by atoms with Crippen LogP contribution in [0.15, 0.2) is 24.3 Å². The quantitative estimate of drug-likeness (QED) is 0.667. The number of methoxy groups -OCH3 is 1. The number of ether oxygens (including phenoxy) is 4. The molecule has 0 amide bonds. The second-order valence-corrected chi connectivity index (χ2v) is 7.33. The molecule has 0 N–H and O–H groups in total. The summed E-state index contributed by atoms with van der Waals surface area (Å²) in [6.45, 7) is 4.63. The molecule has 4 heteroatoms. The SMILES string of the molecule is CCCCCC1COC([C@H]2CC[C@H](c3ccc(OC)cc3)OC2)OC1. The number of hydrogen-bond donors (Lipinski definition) is 0. The summed E-state index contributed by atoms with van der Waals surface area (Å²) in [4.78, 5) is 0. The van der Waals surface area contributed by atoms with Gasteiger partial charge in [0.1, 0.15) is 5.75 Å². The number of rotatable bonds is 7. The fourth-order valence-corrected chi connectivity index (χ4v) is 3.75. The summed E-state index contributed by atoms with van der Waals surface area (Å²) in [5.74, 6) is 1.81. The molecule has 0 saturated carbocycles. The Bertz CT molecular complexity index is 485. The van der Waals surface area contributed by atoms with E-state index in [1.54, 1.807) is 7.11 Å². The molecule has 2 aliphatic heterocycles. The molecule has 2 atom stereocenters. The van der Waals surface area contributed by atoms with Crippen LogP contribution >= 0.6 is 0 Å². The Hall–Kier alpha value is -1.10. The van der Waals surface area contributed by atoms with Crippen molar-refractivity contribution < 1.29 is 18.9 Å². The predicted molar refractivity (Wildman–Crippen MR) is 97.7 cm³/mol. The molecular formula is C21H32O4. The van der Waals surface area contributed by atoms with Crippen LogP contribution < -0.4 is 4.74 Å². The van der Waals surface area contributed by atoms with Crippen LogP contribution in [0.5, 0.6) is 5.75 Å². The Morgan fingerprint density at radius 3 is 2.32 bits per heavy atom. The molecular weight excluding hydrogens is 316 g/mol. The predicted octanol–water partition coefficient (Wildman–Crippen LogP) is 4.73. The summed E-state index contributed by atoms with van der Waals surface area (Å²) in [5, 5.41) is 0. The van der Waals surface area contributed by atoms with Gasteiger partial charge in [0.05, 0.1) is 33.0 Å². The van der Waals surface area contributed by atoms with E-state index in [-0.39, 0.29) is 12.4 Å². The fraction of sp³-hybridized carbons (Fsp3) is 0.714. The lowest BCUT2D eigenvalue weighted by Crippen LogP contribution is -2.40. The maximum Gasteiger partial charge on any atom is 0.162 e. The van der Waals surface area contributed by atoms with Crippen LogP contribution in [0.25, 0.3) is 0 Å². The third-order valence-corrected chi connectivity index (χ3v) is 5.39. The second-order valence-electron chi connectivity index (χ2n) is 7.33. The lowest BCUT2D eigenvalue weighted by molar-refractivity contribution is -0.241. The summed E-state index contributed by atoms with van der Waals surface area (Å²) in [6, 6.07) is 8.18. The first-order valence-electron chi connectivity index (χ1n) is 9.79. The highest BCUT2D eigenvalue weighted by Crippen LogP contribution is 2.34. The Kier molecular flexibility index (Phi) is 7.14. The van der Waals surface area contributed by atoms with Gasteiger partial charge in [0.25, 0.3) is 0 Å². The Morgan fingerprint density at radius 1 is 0.960 bits per heavy atom. The number of hydrogen-bond acceptors (Lipinski definition) is 4. The van der Waals surface area contributed by atoms with Crippen LogP contribution in [0.2, 0.25) is 0 Å². The Morgan fingerprint density at radius 2 is 1.72 bits per heavy atom. The molecule has 2 aliphatic rings. The van der Waals surface area contributed by atoms with E-state index in [0.29, 0.717) is 18.4 Å². The van der Waals surface area contributed by atoms with E-state index < -0.39 is 0 Å². The number of unbranched alkanes of at least 4 members (excludes halogenated alkanes) is 2. The van der Waals surface area contributed by atoms with E-state index in [2.05, 4.69) is 19.1 Å². The molecule has 2 saturated heterocycles. The van der Waals surface area contributed by atoms with Gasteiger partial charge in [-0.2, -0.15) is 0 Å². The average molecular weight is 348 g/mol. The van der Waals surface area contributed by atoms with Gasteiger partial charge < -0.3 is 18.9 Å². The zero-order valence-electron chi connectivity index (χ0n) is 15.6. The third-order valence-electron chi connectivity index (χ3n) is 5.39. The van der Waals surface area contributed by atoms with Crippen molar-refractivity contribution in [1.29, 1.82) is 0 Å². The molecule has 0 spiro atoms. The van der Waals surface area contributed by atoms with Crippen molar-refractivity contribution in [2.24, 2.45) is 11.8 Å². The highest BCUT2D eigenvalue weighted by atomic mass is 16.7. The van der Waals surface area contributed by atoms with Crippen molar-refractivity contribution >= 4 is 0 Å². The molecule has 1 aromatic carbocycles. The molecule has 140 valence electrons. The molecule has 0 aliphatic carbocycles. The van der Waals surface area contributed by atoms with Crippen LogP contribution in [0.4, 0.5) is 0 Å². The third kappa shape index (κ3) is 5.19. The molecule has 25 heavy (non-hydrogen) atoms. The standard InChI is InChI=1S/C21H32O4/c1-3-4-5-6-16-13-24-21(25-14-16)18-9-12-20(23-15-18)17-7-10-19(22-2)11-8-17/h7-8,10-11,16,18,20-21H,3-6,9,12-15H2,1-2H3/t16?,18-,20+,21?/m0/s1. The Labute approximate surface area is 151 Å². The zero-order valence-corrected chi connectivity index (χ0v) is 15.6. The zero-order chi connectivity index (χ0) is 17.5. The van der Waals surface area contributed by atoms with E-state index in [0.717, 1.165) is 31.8 Å². The van der Waals surface area contributed by atoms with Crippen molar-refractivity contribution in [2.45, 2.75) is 57.8 Å². The van der Waals surface area contributed by atoms with E-state index in [1.807, 2.05) is 12.1 Å². The molecule has 0 aromatic heterocycles. The molecule has 0 radical (unpaired) electrons. The van der Waals surface area contributed by atoms with Crippen molar-refractivity contribution in [3.63, 3.8) is 0 Å². The molecule has 2 heterocycles. The monoisotopic (exact) mass is 348 g/mol. The van der Waals surface area contributed by atoms with Crippen LogP contribution in [-0.4, -0.2) is 33.2 Å². The summed E-state index contributed by atoms with van der Waals surface area (Å²) in [5.41, 5.74) is 1.22. The van der Waals surface area contributed by atoms with Crippen molar-refractivity contribution in [3.05, 3.63) is 29.8 Å². The molecule has 0 unspecified atom stereocenters. The Balaban J connectivity index is 1.40. The van der Waals surface area contributed by atoms with Crippen LogP contribution in [0.1, 0.15) is 57.1 Å². The smallest absolute Gasteiger partial charge is 0.162 e. The van der Waals surface area contributed by atoms with Gasteiger partial charge in [-0.25, -0.2) is 0 Å². The minimum atomic E-state index is -0.0840. The highest BCUT2D eigenvalue weighted by Gasteiger charge is 2.33. The molecule has 1 aromatic rings. The summed E-state index contributed by atoms with van der Waals surface area (Å²) in [7, 11) is 1.69. The van der Waals surface area contributed by atoms with Crippen molar-refractivity contribution in [3.8, 4) is 5.75 Å². The fourth-order valence-electron chi connectivity index (χ4n) is 3.75. The largest absolute Gasteiger partial charge is 0.497 e. The van der Waals surface area contributed by atoms with Gasteiger partial charge in [0, 0.05) is 11.8 Å². The second kappa shape index (κ2) is 9.56. The van der Waals surface area contributed by atoms with E-state index in [9.17, 15) is 0 Å². The lowest BCUT2D eigenvalue weighted by Gasteiger charge is -2.37. The summed E-state index contributed by atoms with van der Waals surface area (Å²) >= 11 is 0. The minimum Gasteiger partial charge on any atom is -0.497 e. The first kappa shape index (κ1) is 18.7. The summed E-state index contributed by atoms with van der Waals surface area (Å²) in [6.07, 6.45) is 7.28. The van der Waals surface area contributed by atoms with Crippen LogP contribution in [-0.2, 0) is 14.2 Å². The first-order valence-corrected chi connectivity index (χ1v) is 9.79. The number of benzene rings is 1. The van der Waals surface area contributed by atoms with Gasteiger partial charge in [-0.15, -0.1) is 0 Å². The topological polar surface area (TPSA) is 36.9 Å². The van der Waals surface area contributed by atoms with E-state index >= 15 is 0 Å². The maximum absolute atomic E-state index is 6.11. The van der Waals surface area contributed by atoms with E-state index in [1.165, 1.54) is 31.2 Å². The van der Waals surface area contributed by atoms with Crippen LogP contribution in [0.3, 0.4) is 0 Å². The molecule has 2 fully saturated rings. The lowest BCUT2D eigenvalue weighted by atomic mass is 9.93. The summed E-state index contributed by atoms with van der Waals surface area (Å²) < 4.78 is 23.4. The van der Waals surface area contributed by atoms with E-state index in [4.69, 9.17) is 18.9 Å². The maximum atomic E-state index is 6.11. The minimum absolute atomic E-state index is 0.0840. The molecule has 3 rings (SSSR count). The van der Waals surface area contributed by atoms with Crippen molar-refractivity contribution in [1.82, 2.24) is 0 Å². The highest BCUT2D eigenvalue weighted by molar-refractivity contribution is 5.28. The molecule has 4 nitrogen and oxygen atoms in total. The van der Waals surface area contributed by atoms with Gasteiger partial charge in [-0.05, 0) is 37.0 Å².